The number of rotatable bonds is 25. The van der Waals surface area contributed by atoms with Crippen LogP contribution in [-0.4, -0.2) is 96.6 Å². The van der Waals surface area contributed by atoms with E-state index in [4.69, 9.17) is 33.4 Å². The van der Waals surface area contributed by atoms with Gasteiger partial charge in [0.2, 0.25) is 17.7 Å². The molecule has 1 aromatic rings. The molecule has 16 N–H and O–H groups in total. The van der Waals surface area contributed by atoms with Gasteiger partial charge >= 0.3 is 13.2 Å². The molecule has 0 aliphatic carbocycles. The largest absolute Gasteiger partial charge is 0.475 e. The Morgan fingerprint density at radius 1 is 0.720 bits per heavy atom. The van der Waals surface area contributed by atoms with Crippen molar-refractivity contribution in [3.05, 3.63) is 35.9 Å². The summed E-state index contributed by atoms with van der Waals surface area (Å²) in [6.45, 7) is 2.67. The Morgan fingerprint density at radius 2 is 1.22 bits per heavy atom. The number of hydrogen-bond donors (Lipinski definition) is 11. The van der Waals surface area contributed by atoms with Crippen LogP contribution >= 0.6 is 0 Å². The molecule has 0 bridgehead atoms. The van der Waals surface area contributed by atoms with E-state index in [9.17, 15) is 29.2 Å². The molecule has 0 heterocycles. The third-order valence-corrected chi connectivity index (χ3v) is 7.48. The molecule has 0 aliphatic rings. The summed E-state index contributed by atoms with van der Waals surface area (Å²) in [5.41, 5.74) is 27.9. The Labute approximate surface area is 293 Å². The summed E-state index contributed by atoms with van der Waals surface area (Å²) in [5, 5.41) is 30.4. The van der Waals surface area contributed by atoms with Crippen molar-refractivity contribution in [1.82, 2.24) is 21.3 Å². The van der Waals surface area contributed by atoms with Gasteiger partial charge in [0.05, 0.1) is 5.94 Å². The van der Waals surface area contributed by atoms with Gasteiger partial charge in [-0.1, -0.05) is 50.1 Å². The molecule has 0 radical (unpaired) electrons. The number of carbonyl (C=O) groups is 4. The van der Waals surface area contributed by atoms with Crippen LogP contribution in [-0.2, 0) is 25.7 Å². The maximum atomic E-state index is 13.7. The Bertz CT molecular complexity index is 1220. The van der Waals surface area contributed by atoms with E-state index < -0.39 is 55.0 Å². The lowest BCUT2D eigenvalue weighted by Crippen LogP contribution is -2.58. The number of nitrogens with zero attached hydrogens (tertiary/aromatic N) is 2. The Hall–Kier alpha value is -4.62. The van der Waals surface area contributed by atoms with E-state index in [1.54, 1.807) is 12.1 Å². The van der Waals surface area contributed by atoms with E-state index in [0.29, 0.717) is 38.6 Å². The first-order chi connectivity index (χ1) is 23.9. The molecule has 4 amide bonds. The number of aliphatic imine (C=N–C) groups is 2. The fraction of sp³-hybridized carbons (Fsp3) is 0.613. The molecule has 19 heteroatoms. The van der Waals surface area contributed by atoms with E-state index in [1.807, 2.05) is 25.1 Å². The molecule has 50 heavy (non-hydrogen) atoms. The van der Waals surface area contributed by atoms with Crippen molar-refractivity contribution >= 4 is 42.9 Å². The maximum absolute atomic E-state index is 13.7. The minimum absolute atomic E-state index is 0.00990. The van der Waals surface area contributed by atoms with Gasteiger partial charge in [0.1, 0.15) is 24.7 Å². The van der Waals surface area contributed by atoms with Gasteiger partial charge in [-0.3, -0.25) is 24.4 Å². The molecule has 0 saturated heterocycles. The van der Waals surface area contributed by atoms with Crippen molar-refractivity contribution in [2.24, 2.45) is 38.7 Å². The van der Waals surface area contributed by atoms with E-state index in [0.717, 1.165) is 12.0 Å². The topological polar surface area (TPSA) is 321 Å². The van der Waals surface area contributed by atoms with Crippen LogP contribution in [0.2, 0.25) is 0 Å². The first kappa shape index (κ1) is 43.4. The number of alkyl carbamates (subject to hydrolysis) is 1. The average molecular weight is 706 g/mol. The van der Waals surface area contributed by atoms with E-state index in [2.05, 4.69) is 31.3 Å². The summed E-state index contributed by atoms with van der Waals surface area (Å²) >= 11 is 0. The van der Waals surface area contributed by atoms with Gasteiger partial charge in [0.15, 0.2) is 11.9 Å². The van der Waals surface area contributed by atoms with Crippen molar-refractivity contribution in [1.29, 1.82) is 0 Å². The van der Waals surface area contributed by atoms with E-state index in [-0.39, 0.29) is 57.3 Å². The molecular formula is C31H56BN11O7. The molecule has 1 aromatic carbocycles. The number of nitrogens with two attached hydrogens (primary N) is 5. The van der Waals surface area contributed by atoms with Gasteiger partial charge < -0.3 is 64.7 Å². The van der Waals surface area contributed by atoms with Gasteiger partial charge in [-0.2, -0.15) is 0 Å². The summed E-state index contributed by atoms with van der Waals surface area (Å²) < 4.78 is 5.31. The lowest BCUT2D eigenvalue weighted by molar-refractivity contribution is -0.133. The van der Waals surface area contributed by atoms with Crippen LogP contribution < -0.4 is 49.9 Å². The standard InChI is InChI=1S/C31H56BN11O7/c1-2-3-13-24(42-31(47)50-20-21-11-5-4-6-12-21)27(45)40-22(14-7-8-17-33)26(44)41-23(15-9-18-38-29(34)35)28(46)43-25(32(48)49)16-10-19-39-30(36)37/h4-6,11-12,22-25,48-49H,2-3,7-10,13-20,33H2,1H3,(H,40,45)(H,41,44)(H,42,47)(H,43,46)(H4,34,35,38)(H4,36,37,39)/t22-,23-,24-,25-/m0/s1. The predicted octanol–water partition coefficient (Wildman–Crippen LogP) is -1.83. The Kier molecular flexibility index (Phi) is 22.0. The monoisotopic (exact) mass is 705 g/mol. The van der Waals surface area contributed by atoms with Crippen molar-refractivity contribution < 1.29 is 34.0 Å². The zero-order valence-corrected chi connectivity index (χ0v) is 28.9. The highest BCUT2D eigenvalue weighted by molar-refractivity contribution is 6.43. The van der Waals surface area contributed by atoms with Gasteiger partial charge in [0, 0.05) is 13.1 Å². The van der Waals surface area contributed by atoms with E-state index >= 15 is 0 Å². The Morgan fingerprint density at radius 3 is 1.74 bits per heavy atom. The van der Waals surface area contributed by atoms with Crippen molar-refractivity contribution in [3.63, 3.8) is 0 Å². The molecule has 4 atom stereocenters. The quantitative estimate of drug-likeness (QED) is 0.0232. The molecule has 0 spiro atoms. The zero-order chi connectivity index (χ0) is 37.3. The number of amides is 4. The highest BCUT2D eigenvalue weighted by atomic mass is 16.5. The highest BCUT2D eigenvalue weighted by Crippen LogP contribution is 2.09. The molecule has 280 valence electrons. The first-order valence-electron chi connectivity index (χ1n) is 16.9. The SMILES string of the molecule is CCCC[C@H](NC(=O)OCc1ccccc1)C(=O)N[C@@H](CCCCN)C(=O)N[C@@H](CCCN=C(N)N)C(=O)N[C@@H](CCCN=C(N)N)B(O)O. The number of nitrogens with one attached hydrogen (secondary N) is 4. The van der Waals surface area contributed by atoms with Crippen LogP contribution in [0, 0.1) is 0 Å². The first-order valence-corrected chi connectivity index (χ1v) is 16.9. The minimum atomic E-state index is -1.91. The van der Waals surface area contributed by atoms with Crippen LogP contribution in [0.25, 0.3) is 0 Å². The predicted molar refractivity (Wildman–Crippen MR) is 192 cm³/mol. The number of guanidine groups is 2. The molecule has 0 unspecified atom stereocenters. The normalized spacial score (nSPS) is 13.0. The fourth-order valence-electron chi connectivity index (χ4n) is 4.76. The summed E-state index contributed by atoms with van der Waals surface area (Å²) in [5.74, 6) is -3.31. The van der Waals surface area contributed by atoms with Gasteiger partial charge in [-0.05, 0) is 63.5 Å². The highest BCUT2D eigenvalue weighted by Gasteiger charge is 2.32. The number of carbonyl (C=O) groups excluding carboxylic acids is 4. The number of hydrogen-bond acceptors (Lipinski definition) is 10. The second-order valence-electron chi connectivity index (χ2n) is 11.7. The second-order valence-corrected chi connectivity index (χ2v) is 11.7. The lowest BCUT2D eigenvalue weighted by atomic mass is 9.76. The molecule has 18 nitrogen and oxygen atoms in total. The van der Waals surface area contributed by atoms with Gasteiger partial charge in [-0.15, -0.1) is 0 Å². The molecule has 1 rings (SSSR count). The molecular weight excluding hydrogens is 649 g/mol. The smallest absolute Gasteiger partial charge is 0.445 e. The van der Waals surface area contributed by atoms with Gasteiger partial charge in [0.25, 0.3) is 0 Å². The van der Waals surface area contributed by atoms with Crippen LogP contribution in [0.4, 0.5) is 4.79 Å². The number of unbranched alkanes of at least 4 members (excludes halogenated alkanes) is 2. The molecule has 0 saturated carbocycles. The van der Waals surface area contributed by atoms with Gasteiger partial charge in [-0.25, -0.2) is 4.79 Å². The summed E-state index contributed by atoms with van der Waals surface area (Å²) in [6, 6.07) is 5.82. The van der Waals surface area contributed by atoms with Crippen molar-refractivity contribution in [3.8, 4) is 0 Å². The van der Waals surface area contributed by atoms with Crippen LogP contribution in [0.15, 0.2) is 40.3 Å². The van der Waals surface area contributed by atoms with E-state index in [1.165, 1.54) is 0 Å². The summed E-state index contributed by atoms with van der Waals surface area (Å²) in [6.07, 6.45) is 2.92. The number of ether oxygens (including phenoxy) is 1. The third kappa shape index (κ3) is 19.4. The van der Waals surface area contributed by atoms with Crippen LogP contribution in [0.1, 0.15) is 76.7 Å². The van der Waals surface area contributed by atoms with Crippen LogP contribution in [0.5, 0.6) is 0 Å². The molecule has 0 fully saturated rings. The zero-order valence-electron chi connectivity index (χ0n) is 28.9. The van der Waals surface area contributed by atoms with Crippen LogP contribution in [0.3, 0.4) is 0 Å². The number of benzene rings is 1. The molecule has 0 aromatic heterocycles. The minimum Gasteiger partial charge on any atom is -0.445 e. The van der Waals surface area contributed by atoms with Crippen molar-refractivity contribution in [2.75, 3.05) is 19.6 Å². The Balaban J connectivity index is 3.12. The molecule has 0 aliphatic heterocycles. The maximum Gasteiger partial charge on any atom is 0.475 e. The van der Waals surface area contributed by atoms with Crippen molar-refractivity contribution in [2.45, 2.75) is 102 Å². The fourth-order valence-corrected chi connectivity index (χ4v) is 4.76. The summed E-state index contributed by atoms with van der Waals surface area (Å²) in [4.78, 5) is 61.0. The second kappa shape index (κ2) is 25.4. The lowest BCUT2D eigenvalue weighted by Gasteiger charge is -2.26. The summed E-state index contributed by atoms with van der Waals surface area (Å²) in [7, 11) is -1.91. The third-order valence-electron chi connectivity index (χ3n) is 7.48. The average Bonchev–Trinajstić information content (AvgIpc) is 3.07.